The van der Waals surface area contributed by atoms with Gasteiger partial charge in [0.15, 0.2) is 5.96 Å². The molecule has 2 aromatic heterocycles. The molecule has 24 heavy (non-hydrogen) atoms. The average Bonchev–Trinajstić information content (AvgIpc) is 3.07. The van der Waals surface area contributed by atoms with E-state index in [0.29, 0.717) is 0 Å². The first-order valence-corrected chi connectivity index (χ1v) is 8.83. The van der Waals surface area contributed by atoms with Crippen LogP contribution in [0.25, 0.3) is 0 Å². The Bertz CT molecular complexity index is 633. The molecular formula is C16H26IN5OS. The predicted molar refractivity (Wildman–Crippen MR) is 110 cm³/mol. The molecule has 8 heteroatoms. The number of aryl methyl sites for hydroxylation is 3. The van der Waals surface area contributed by atoms with Crippen LogP contribution < -0.4 is 10.6 Å². The second-order valence-electron chi connectivity index (χ2n) is 5.35. The third kappa shape index (κ3) is 6.39. The summed E-state index contributed by atoms with van der Waals surface area (Å²) in [5, 5.41) is 13.8. The van der Waals surface area contributed by atoms with Gasteiger partial charge in [-0.1, -0.05) is 5.16 Å². The summed E-state index contributed by atoms with van der Waals surface area (Å²) in [5.41, 5.74) is 3.25. The molecule has 0 unspecified atom stereocenters. The highest BCUT2D eigenvalue weighted by atomic mass is 127. The van der Waals surface area contributed by atoms with Crippen LogP contribution in [0, 0.1) is 20.8 Å². The highest BCUT2D eigenvalue weighted by Gasteiger charge is 2.08. The summed E-state index contributed by atoms with van der Waals surface area (Å²) in [5.74, 6) is 1.73. The normalized spacial score (nSPS) is 11.2. The van der Waals surface area contributed by atoms with Gasteiger partial charge in [-0.2, -0.15) is 0 Å². The minimum absolute atomic E-state index is 0. The van der Waals surface area contributed by atoms with Gasteiger partial charge in [-0.25, -0.2) is 4.98 Å². The van der Waals surface area contributed by atoms with E-state index in [1.54, 1.807) is 11.3 Å². The highest BCUT2D eigenvalue weighted by Crippen LogP contribution is 2.12. The van der Waals surface area contributed by atoms with Gasteiger partial charge in [0.25, 0.3) is 0 Å². The van der Waals surface area contributed by atoms with Gasteiger partial charge < -0.3 is 15.2 Å². The van der Waals surface area contributed by atoms with Crippen LogP contribution in [0.1, 0.15) is 34.6 Å². The van der Waals surface area contributed by atoms with Crippen LogP contribution in [0.2, 0.25) is 0 Å². The van der Waals surface area contributed by atoms with Gasteiger partial charge in [-0.15, -0.1) is 35.3 Å². The molecule has 2 rings (SSSR count). The first kappa shape index (κ1) is 20.9. The Morgan fingerprint density at radius 2 is 2.04 bits per heavy atom. The molecule has 0 aliphatic rings. The zero-order chi connectivity index (χ0) is 16.7. The minimum atomic E-state index is 0. The first-order valence-electron chi connectivity index (χ1n) is 7.95. The Balaban J connectivity index is 0.00000288. The van der Waals surface area contributed by atoms with Gasteiger partial charge in [0.2, 0.25) is 0 Å². The van der Waals surface area contributed by atoms with Crippen LogP contribution in [0.3, 0.4) is 0 Å². The number of aliphatic imine (C=N–C) groups is 1. The van der Waals surface area contributed by atoms with Crippen LogP contribution in [0.4, 0.5) is 0 Å². The van der Waals surface area contributed by atoms with E-state index in [1.165, 1.54) is 5.56 Å². The zero-order valence-electron chi connectivity index (χ0n) is 14.7. The summed E-state index contributed by atoms with van der Waals surface area (Å²) in [7, 11) is 0. The monoisotopic (exact) mass is 463 g/mol. The van der Waals surface area contributed by atoms with E-state index < -0.39 is 0 Å². The molecule has 2 aromatic rings. The Hall–Kier alpha value is -1.16. The maximum absolute atomic E-state index is 5.19. The molecule has 0 saturated heterocycles. The molecule has 6 nitrogen and oxygen atoms in total. The lowest BCUT2D eigenvalue weighted by molar-refractivity contribution is 0.392. The molecule has 0 radical (unpaired) electrons. The number of aromatic nitrogens is 2. The number of halogens is 1. The van der Waals surface area contributed by atoms with Gasteiger partial charge in [0, 0.05) is 37.0 Å². The predicted octanol–water partition coefficient (Wildman–Crippen LogP) is 3.01. The van der Waals surface area contributed by atoms with Crippen molar-refractivity contribution in [1.29, 1.82) is 0 Å². The number of thiazole rings is 1. The number of hydrogen-bond acceptors (Lipinski definition) is 5. The Kier molecular flexibility index (Phi) is 9.27. The Morgan fingerprint density at radius 3 is 2.62 bits per heavy atom. The molecule has 0 atom stereocenters. The molecule has 0 aromatic carbocycles. The van der Waals surface area contributed by atoms with Crippen LogP contribution in [-0.2, 0) is 12.8 Å². The summed E-state index contributed by atoms with van der Waals surface area (Å²) in [6.45, 7) is 10.4. The largest absolute Gasteiger partial charge is 0.361 e. The molecule has 134 valence electrons. The maximum Gasteiger partial charge on any atom is 0.191 e. The minimum Gasteiger partial charge on any atom is -0.361 e. The van der Waals surface area contributed by atoms with Crippen molar-refractivity contribution in [1.82, 2.24) is 20.8 Å². The van der Waals surface area contributed by atoms with Crippen molar-refractivity contribution in [2.45, 2.75) is 40.5 Å². The van der Waals surface area contributed by atoms with Crippen LogP contribution in [0.5, 0.6) is 0 Å². The van der Waals surface area contributed by atoms with Crippen molar-refractivity contribution < 1.29 is 4.52 Å². The number of nitrogens with one attached hydrogen (secondary N) is 2. The lowest BCUT2D eigenvalue weighted by Gasteiger charge is -2.11. The van der Waals surface area contributed by atoms with Crippen molar-refractivity contribution in [3.63, 3.8) is 0 Å². The summed E-state index contributed by atoms with van der Waals surface area (Å²) in [6.07, 6.45) is 1.74. The number of guanidine groups is 1. The van der Waals surface area contributed by atoms with E-state index >= 15 is 0 Å². The van der Waals surface area contributed by atoms with E-state index in [-0.39, 0.29) is 24.0 Å². The molecule has 0 bridgehead atoms. The van der Waals surface area contributed by atoms with Crippen molar-refractivity contribution in [2.24, 2.45) is 4.99 Å². The third-order valence-electron chi connectivity index (χ3n) is 3.50. The zero-order valence-corrected chi connectivity index (χ0v) is 17.8. The Morgan fingerprint density at radius 1 is 1.25 bits per heavy atom. The van der Waals surface area contributed by atoms with Crippen molar-refractivity contribution in [2.75, 3.05) is 19.6 Å². The number of nitrogens with zero attached hydrogens (tertiary/aromatic N) is 3. The average molecular weight is 463 g/mol. The third-order valence-corrected chi connectivity index (χ3v) is 4.32. The van der Waals surface area contributed by atoms with E-state index in [0.717, 1.165) is 60.6 Å². The van der Waals surface area contributed by atoms with Crippen LogP contribution in [-0.4, -0.2) is 35.7 Å². The summed E-state index contributed by atoms with van der Waals surface area (Å²) in [6, 6.07) is 0. The SMILES string of the molecule is CCNC(=NCCc1csc(C)n1)NCCc1c(C)noc1C.I. The standard InChI is InChI=1S/C16H25N5OS.HI/c1-5-17-16(18-8-6-14-10-23-13(4)20-14)19-9-7-15-11(2)21-22-12(15)3;/h10H,5-9H2,1-4H3,(H2,17,18,19);1H. The van der Waals surface area contributed by atoms with Crippen molar-refractivity contribution >= 4 is 41.3 Å². The lowest BCUT2D eigenvalue weighted by atomic mass is 10.1. The highest BCUT2D eigenvalue weighted by molar-refractivity contribution is 14.0. The van der Waals surface area contributed by atoms with Crippen molar-refractivity contribution in [3.05, 3.63) is 33.1 Å². The second-order valence-corrected chi connectivity index (χ2v) is 6.41. The molecule has 0 aliphatic heterocycles. The smallest absolute Gasteiger partial charge is 0.191 e. The molecule has 0 amide bonds. The molecular weight excluding hydrogens is 437 g/mol. The molecule has 0 spiro atoms. The lowest BCUT2D eigenvalue weighted by Crippen LogP contribution is -2.38. The van der Waals surface area contributed by atoms with Crippen LogP contribution in [0.15, 0.2) is 14.9 Å². The first-order chi connectivity index (χ1) is 11.1. The van der Waals surface area contributed by atoms with E-state index in [2.05, 4.69) is 38.1 Å². The number of hydrogen-bond donors (Lipinski definition) is 2. The topological polar surface area (TPSA) is 75.3 Å². The van der Waals surface area contributed by atoms with E-state index in [1.807, 2.05) is 20.8 Å². The summed E-state index contributed by atoms with van der Waals surface area (Å²) >= 11 is 1.68. The van der Waals surface area contributed by atoms with Gasteiger partial charge >= 0.3 is 0 Å². The fourth-order valence-electron chi connectivity index (χ4n) is 2.31. The molecule has 0 aliphatic carbocycles. The fourth-order valence-corrected chi connectivity index (χ4v) is 2.96. The fraction of sp³-hybridized carbons (Fsp3) is 0.562. The second kappa shape index (κ2) is 10.7. The van der Waals surface area contributed by atoms with Crippen LogP contribution >= 0.6 is 35.3 Å². The molecule has 0 fully saturated rings. The molecule has 2 N–H and O–H groups in total. The van der Waals surface area contributed by atoms with Gasteiger partial charge in [0.1, 0.15) is 5.76 Å². The summed E-state index contributed by atoms with van der Waals surface area (Å²) in [4.78, 5) is 9.06. The Labute approximate surface area is 164 Å². The van der Waals surface area contributed by atoms with Gasteiger partial charge in [0.05, 0.1) is 16.4 Å². The maximum atomic E-state index is 5.19. The molecule has 0 saturated carbocycles. The van der Waals surface area contributed by atoms with E-state index in [9.17, 15) is 0 Å². The molecule has 2 heterocycles. The van der Waals surface area contributed by atoms with E-state index in [4.69, 9.17) is 4.52 Å². The van der Waals surface area contributed by atoms with Crippen molar-refractivity contribution in [3.8, 4) is 0 Å². The van der Waals surface area contributed by atoms with Gasteiger partial charge in [-0.3, -0.25) is 4.99 Å². The number of rotatable bonds is 7. The van der Waals surface area contributed by atoms with Gasteiger partial charge in [-0.05, 0) is 34.1 Å². The summed E-state index contributed by atoms with van der Waals surface area (Å²) < 4.78 is 5.19. The quantitative estimate of drug-likeness (QED) is 0.375.